The number of nitrogens with zero attached hydrogens (tertiary/aromatic N) is 1. The summed E-state index contributed by atoms with van der Waals surface area (Å²) in [6, 6.07) is 8.60. The molecule has 2 rings (SSSR count). The van der Waals surface area contributed by atoms with Crippen LogP contribution < -0.4 is 0 Å². The fraction of sp³-hybridized carbons (Fsp3) is 0.462. The van der Waals surface area contributed by atoms with Crippen molar-refractivity contribution in [1.82, 2.24) is 0 Å². The van der Waals surface area contributed by atoms with Crippen LogP contribution in [0.1, 0.15) is 26.3 Å². The van der Waals surface area contributed by atoms with Crippen molar-refractivity contribution >= 4 is 33.6 Å². The molecule has 16 heavy (non-hydrogen) atoms. The van der Waals surface area contributed by atoms with E-state index < -0.39 is 0 Å². The van der Waals surface area contributed by atoms with Gasteiger partial charge in [-0.15, -0.1) is 0 Å². The van der Waals surface area contributed by atoms with Crippen molar-refractivity contribution in [2.45, 2.75) is 26.2 Å². The zero-order valence-electron chi connectivity index (χ0n) is 9.99. The fourth-order valence-electron chi connectivity index (χ4n) is 1.51. The van der Waals surface area contributed by atoms with Gasteiger partial charge >= 0.3 is 0 Å². The molecule has 1 aromatic rings. The minimum atomic E-state index is 0.225. The van der Waals surface area contributed by atoms with Gasteiger partial charge < -0.3 is 0 Å². The maximum atomic E-state index is 4.62. The lowest BCUT2D eigenvalue weighted by molar-refractivity contribution is 0.590. The Labute approximate surface area is 106 Å². The Hall–Kier alpha value is -0.410. The summed E-state index contributed by atoms with van der Waals surface area (Å²) in [5, 5.41) is 0. The van der Waals surface area contributed by atoms with E-state index in [-0.39, 0.29) is 5.41 Å². The Balaban J connectivity index is 2.16. The molecule has 0 aromatic heterocycles. The van der Waals surface area contributed by atoms with E-state index in [4.69, 9.17) is 0 Å². The molecular formula is C13H17NS2. The monoisotopic (exact) mass is 251 g/mol. The van der Waals surface area contributed by atoms with Gasteiger partial charge in [-0.25, -0.2) is 4.99 Å². The number of benzene rings is 1. The summed E-state index contributed by atoms with van der Waals surface area (Å²) in [4.78, 5) is 4.62. The molecule has 0 atom stereocenters. The van der Waals surface area contributed by atoms with E-state index in [0.29, 0.717) is 0 Å². The zero-order valence-corrected chi connectivity index (χ0v) is 11.6. The van der Waals surface area contributed by atoms with Crippen molar-refractivity contribution in [2.75, 3.05) is 11.5 Å². The van der Waals surface area contributed by atoms with Crippen LogP contribution in [-0.4, -0.2) is 15.9 Å². The summed E-state index contributed by atoms with van der Waals surface area (Å²) >= 11 is 3.72. The minimum absolute atomic E-state index is 0.225. The Morgan fingerprint density at radius 2 is 1.56 bits per heavy atom. The minimum Gasteiger partial charge on any atom is -0.235 e. The molecule has 3 heteroatoms. The summed E-state index contributed by atoms with van der Waals surface area (Å²) in [5.41, 5.74) is 2.66. The van der Waals surface area contributed by atoms with Crippen LogP contribution >= 0.6 is 23.5 Å². The van der Waals surface area contributed by atoms with Crippen LogP contribution in [0, 0.1) is 0 Å². The molecule has 0 unspecified atom stereocenters. The van der Waals surface area contributed by atoms with Gasteiger partial charge in [-0.1, -0.05) is 56.4 Å². The maximum absolute atomic E-state index is 4.62. The van der Waals surface area contributed by atoms with Crippen LogP contribution in [0.2, 0.25) is 0 Å². The van der Waals surface area contributed by atoms with Gasteiger partial charge in [0.1, 0.15) is 4.38 Å². The highest BCUT2D eigenvalue weighted by molar-refractivity contribution is 8.41. The first kappa shape index (κ1) is 12.1. The molecule has 0 spiro atoms. The molecule has 1 nitrogen and oxygen atoms in total. The van der Waals surface area contributed by atoms with Crippen molar-refractivity contribution in [2.24, 2.45) is 4.99 Å². The number of hydrogen-bond donors (Lipinski definition) is 0. The van der Waals surface area contributed by atoms with Gasteiger partial charge in [0.05, 0.1) is 5.69 Å². The molecule has 0 bridgehead atoms. The summed E-state index contributed by atoms with van der Waals surface area (Å²) in [6.07, 6.45) is 0. The van der Waals surface area contributed by atoms with Gasteiger partial charge in [-0.05, 0) is 23.1 Å². The van der Waals surface area contributed by atoms with Crippen molar-refractivity contribution < 1.29 is 0 Å². The van der Waals surface area contributed by atoms with Gasteiger partial charge in [-0.3, -0.25) is 0 Å². The van der Waals surface area contributed by atoms with E-state index in [0.717, 1.165) is 5.69 Å². The third kappa shape index (κ3) is 3.05. The Bertz CT molecular complexity index is 379. The molecule has 1 fully saturated rings. The van der Waals surface area contributed by atoms with Gasteiger partial charge in [-0.2, -0.15) is 0 Å². The quantitative estimate of drug-likeness (QED) is 0.731. The second-order valence-corrected chi connectivity index (χ2v) is 7.30. The van der Waals surface area contributed by atoms with Crippen molar-refractivity contribution in [3.63, 3.8) is 0 Å². The Morgan fingerprint density at radius 3 is 2.06 bits per heavy atom. The van der Waals surface area contributed by atoms with E-state index in [1.165, 1.54) is 21.4 Å². The smallest absolute Gasteiger partial charge is 0.130 e. The van der Waals surface area contributed by atoms with Crippen molar-refractivity contribution in [3.8, 4) is 0 Å². The second-order valence-electron chi connectivity index (χ2n) is 4.87. The molecule has 1 aliphatic heterocycles. The molecule has 0 amide bonds. The van der Waals surface area contributed by atoms with Crippen LogP contribution in [0.25, 0.3) is 0 Å². The molecule has 0 aliphatic carbocycles. The second kappa shape index (κ2) is 4.84. The van der Waals surface area contributed by atoms with E-state index in [9.17, 15) is 0 Å². The van der Waals surface area contributed by atoms with E-state index in [2.05, 4.69) is 50.0 Å². The Kier molecular flexibility index (Phi) is 3.65. The summed E-state index contributed by atoms with van der Waals surface area (Å²) < 4.78 is 1.21. The maximum Gasteiger partial charge on any atom is 0.130 e. The standard InChI is InChI=1S/C13H17NS2/c1-13(2,3)10-4-6-11(7-5-10)14-12-15-8-9-16-12/h4-7H,8-9H2,1-3H3. The van der Waals surface area contributed by atoms with Gasteiger partial charge in [0.2, 0.25) is 0 Å². The van der Waals surface area contributed by atoms with Crippen LogP contribution in [0.15, 0.2) is 29.3 Å². The molecule has 86 valence electrons. The van der Waals surface area contributed by atoms with Crippen LogP contribution in [0.5, 0.6) is 0 Å². The topological polar surface area (TPSA) is 12.4 Å². The van der Waals surface area contributed by atoms with Gasteiger partial charge in [0, 0.05) is 11.5 Å². The Morgan fingerprint density at radius 1 is 1.00 bits per heavy atom. The van der Waals surface area contributed by atoms with E-state index in [1.54, 1.807) is 0 Å². The SMILES string of the molecule is CC(C)(C)c1ccc(N=C2SCCS2)cc1. The normalized spacial score (nSPS) is 16.6. The van der Waals surface area contributed by atoms with Gasteiger partial charge in [0.15, 0.2) is 0 Å². The average Bonchev–Trinajstić information content (AvgIpc) is 2.70. The first-order valence-electron chi connectivity index (χ1n) is 5.50. The number of rotatable bonds is 1. The highest BCUT2D eigenvalue weighted by Crippen LogP contribution is 2.30. The molecule has 1 aromatic carbocycles. The molecule has 0 N–H and O–H groups in total. The molecule has 0 saturated carbocycles. The van der Waals surface area contributed by atoms with E-state index in [1.807, 2.05) is 23.5 Å². The highest BCUT2D eigenvalue weighted by atomic mass is 32.2. The van der Waals surface area contributed by atoms with Crippen LogP contribution in [0.3, 0.4) is 0 Å². The lowest BCUT2D eigenvalue weighted by Crippen LogP contribution is -2.10. The third-order valence-corrected chi connectivity index (χ3v) is 4.95. The first-order valence-corrected chi connectivity index (χ1v) is 7.48. The molecule has 0 radical (unpaired) electrons. The molecule has 1 aliphatic rings. The lowest BCUT2D eigenvalue weighted by atomic mass is 9.87. The summed E-state index contributed by atoms with van der Waals surface area (Å²) in [7, 11) is 0. The lowest BCUT2D eigenvalue weighted by Gasteiger charge is -2.18. The van der Waals surface area contributed by atoms with Gasteiger partial charge in [0.25, 0.3) is 0 Å². The summed E-state index contributed by atoms with van der Waals surface area (Å²) in [5.74, 6) is 2.40. The van der Waals surface area contributed by atoms with Crippen LogP contribution in [-0.2, 0) is 5.41 Å². The largest absolute Gasteiger partial charge is 0.235 e. The highest BCUT2D eigenvalue weighted by Gasteiger charge is 2.13. The predicted molar refractivity (Wildman–Crippen MR) is 77.2 cm³/mol. The first-order chi connectivity index (χ1) is 7.55. The molecule has 1 saturated heterocycles. The fourth-order valence-corrected chi connectivity index (χ4v) is 3.69. The third-order valence-electron chi connectivity index (χ3n) is 2.49. The molecule has 1 heterocycles. The zero-order chi connectivity index (χ0) is 11.6. The molecular weight excluding hydrogens is 234 g/mol. The van der Waals surface area contributed by atoms with Crippen LogP contribution in [0.4, 0.5) is 5.69 Å². The average molecular weight is 251 g/mol. The van der Waals surface area contributed by atoms with Crippen molar-refractivity contribution in [3.05, 3.63) is 29.8 Å². The summed E-state index contributed by atoms with van der Waals surface area (Å²) in [6.45, 7) is 6.70. The predicted octanol–water partition coefficient (Wildman–Crippen LogP) is 4.45. The number of thioether (sulfide) groups is 2. The number of aliphatic imine (C=N–C) groups is 1. The van der Waals surface area contributed by atoms with Crippen molar-refractivity contribution in [1.29, 1.82) is 0 Å². The van der Waals surface area contributed by atoms with E-state index >= 15 is 0 Å². The number of hydrogen-bond acceptors (Lipinski definition) is 3.